The zero-order chi connectivity index (χ0) is 13.4. The van der Waals surface area contributed by atoms with Gasteiger partial charge in [-0.15, -0.1) is 10.2 Å². The van der Waals surface area contributed by atoms with E-state index in [1.807, 2.05) is 0 Å². The molecule has 0 fully saturated rings. The van der Waals surface area contributed by atoms with Gasteiger partial charge in [0.15, 0.2) is 0 Å². The quantitative estimate of drug-likeness (QED) is 0.700. The zero-order valence-corrected chi connectivity index (χ0v) is 13.1. The topological polar surface area (TPSA) is 32.3 Å². The molecule has 0 N–H and O–H groups in total. The fraction of sp³-hybridized carbons (Fsp3) is 0.833. The average Bonchev–Trinajstić information content (AvgIpc) is 2.78. The third-order valence-electron chi connectivity index (χ3n) is 3.09. The summed E-state index contributed by atoms with van der Waals surface area (Å²) in [6.45, 7) is 13.0. The number of hydrogen-bond donors (Lipinski definition) is 0. The third-order valence-corrected chi connectivity index (χ3v) is 4.09. The molecule has 4 nitrogen and oxygen atoms in total. The van der Waals surface area contributed by atoms with Gasteiger partial charge in [0.2, 0.25) is 4.47 Å². The van der Waals surface area contributed by atoms with E-state index in [-0.39, 0.29) is 0 Å². The molecule has 0 saturated heterocycles. The minimum absolute atomic E-state index is 0.532. The molecule has 1 aromatic rings. The normalized spacial score (nSPS) is 11.7. The van der Waals surface area contributed by atoms with Gasteiger partial charge in [-0.25, -0.2) is 0 Å². The van der Waals surface area contributed by atoms with Gasteiger partial charge in [-0.1, -0.05) is 32.1 Å². The molecule has 1 aromatic heterocycles. The molecule has 0 aliphatic heterocycles. The molecular formula is C12H23ClN4S. The summed E-state index contributed by atoms with van der Waals surface area (Å²) in [6, 6.07) is 0. The average molecular weight is 291 g/mol. The van der Waals surface area contributed by atoms with Gasteiger partial charge < -0.3 is 4.90 Å². The molecule has 1 heterocycles. The Morgan fingerprint density at radius 2 is 1.61 bits per heavy atom. The molecular weight excluding hydrogens is 268 g/mol. The summed E-state index contributed by atoms with van der Waals surface area (Å²) in [4.78, 5) is 4.84. The summed E-state index contributed by atoms with van der Waals surface area (Å²) in [5.74, 6) is 0. The van der Waals surface area contributed by atoms with Crippen molar-refractivity contribution in [3.05, 3.63) is 9.47 Å². The molecule has 104 valence electrons. The zero-order valence-electron chi connectivity index (χ0n) is 11.5. The molecule has 0 aromatic carbocycles. The third kappa shape index (κ3) is 5.61. The SMILES string of the molecule is CCN(CC)CCCN(CC)Cc1nnc(Cl)s1. The van der Waals surface area contributed by atoms with Crippen molar-refractivity contribution in [2.45, 2.75) is 33.7 Å². The summed E-state index contributed by atoms with van der Waals surface area (Å²) in [6.07, 6.45) is 1.20. The lowest BCUT2D eigenvalue weighted by atomic mass is 10.3. The lowest BCUT2D eigenvalue weighted by Gasteiger charge is -2.22. The Kier molecular flexibility index (Phi) is 7.74. The number of nitrogens with zero attached hydrogens (tertiary/aromatic N) is 4. The first-order valence-electron chi connectivity index (χ1n) is 6.62. The Labute approximate surface area is 119 Å². The molecule has 0 saturated carbocycles. The highest BCUT2D eigenvalue weighted by molar-refractivity contribution is 7.15. The van der Waals surface area contributed by atoms with Gasteiger partial charge in [0.25, 0.3) is 0 Å². The van der Waals surface area contributed by atoms with E-state index in [9.17, 15) is 0 Å². The molecule has 0 aliphatic rings. The van der Waals surface area contributed by atoms with Gasteiger partial charge in [0.1, 0.15) is 5.01 Å². The summed E-state index contributed by atoms with van der Waals surface area (Å²) in [5, 5.41) is 8.91. The van der Waals surface area contributed by atoms with Crippen LogP contribution >= 0.6 is 22.9 Å². The first-order chi connectivity index (χ1) is 8.69. The second-order valence-corrected chi connectivity index (χ2v) is 5.84. The number of hydrogen-bond acceptors (Lipinski definition) is 5. The second kappa shape index (κ2) is 8.80. The van der Waals surface area contributed by atoms with Gasteiger partial charge in [-0.05, 0) is 50.7 Å². The van der Waals surface area contributed by atoms with Crippen LogP contribution in [0, 0.1) is 0 Å². The van der Waals surface area contributed by atoms with E-state index in [0.29, 0.717) is 4.47 Å². The van der Waals surface area contributed by atoms with E-state index in [0.717, 1.165) is 37.7 Å². The van der Waals surface area contributed by atoms with Crippen LogP contribution in [-0.2, 0) is 6.54 Å². The maximum absolute atomic E-state index is 5.79. The van der Waals surface area contributed by atoms with Crippen molar-refractivity contribution in [3.8, 4) is 0 Å². The van der Waals surface area contributed by atoms with E-state index in [2.05, 4.69) is 40.8 Å². The highest BCUT2D eigenvalue weighted by Crippen LogP contribution is 2.16. The molecule has 0 unspecified atom stereocenters. The van der Waals surface area contributed by atoms with Gasteiger partial charge >= 0.3 is 0 Å². The molecule has 6 heteroatoms. The van der Waals surface area contributed by atoms with Gasteiger partial charge in [0, 0.05) is 0 Å². The summed E-state index contributed by atoms with van der Waals surface area (Å²) < 4.78 is 0.532. The van der Waals surface area contributed by atoms with Gasteiger partial charge in [-0.3, -0.25) is 4.90 Å². The second-order valence-electron chi connectivity index (χ2n) is 4.20. The molecule has 0 radical (unpaired) electrons. The number of aromatic nitrogens is 2. The van der Waals surface area contributed by atoms with Crippen molar-refractivity contribution in [2.75, 3.05) is 32.7 Å². The fourth-order valence-electron chi connectivity index (χ4n) is 1.90. The molecule has 0 bridgehead atoms. The van der Waals surface area contributed by atoms with E-state index in [1.54, 1.807) is 0 Å². The Morgan fingerprint density at radius 1 is 1.00 bits per heavy atom. The van der Waals surface area contributed by atoms with E-state index in [1.165, 1.54) is 24.3 Å². The van der Waals surface area contributed by atoms with Crippen LogP contribution in [-0.4, -0.2) is 52.7 Å². The predicted octanol–water partition coefficient (Wildman–Crippen LogP) is 2.75. The number of rotatable bonds is 9. The molecule has 0 atom stereocenters. The first-order valence-corrected chi connectivity index (χ1v) is 7.81. The van der Waals surface area contributed by atoms with Crippen molar-refractivity contribution in [1.82, 2.24) is 20.0 Å². The van der Waals surface area contributed by atoms with E-state index >= 15 is 0 Å². The Bertz CT molecular complexity index is 328. The molecule has 0 aliphatic carbocycles. The Morgan fingerprint density at radius 3 is 2.11 bits per heavy atom. The summed E-state index contributed by atoms with van der Waals surface area (Å²) in [7, 11) is 0. The number of halogens is 1. The van der Waals surface area contributed by atoms with Gasteiger partial charge in [-0.2, -0.15) is 0 Å². The molecule has 1 rings (SSSR count). The largest absolute Gasteiger partial charge is 0.304 e. The van der Waals surface area contributed by atoms with Crippen LogP contribution in [0.1, 0.15) is 32.2 Å². The van der Waals surface area contributed by atoms with Crippen LogP contribution in [0.3, 0.4) is 0 Å². The highest BCUT2D eigenvalue weighted by atomic mass is 35.5. The standard InChI is InChI=1S/C12H23ClN4S/c1-4-16(5-2)8-7-9-17(6-3)10-11-14-15-12(13)18-11/h4-10H2,1-3H3. The maximum atomic E-state index is 5.79. The van der Waals surface area contributed by atoms with Crippen LogP contribution in [0.5, 0.6) is 0 Å². The predicted molar refractivity (Wildman–Crippen MR) is 78.3 cm³/mol. The summed E-state index contributed by atoms with van der Waals surface area (Å²) in [5.41, 5.74) is 0. The molecule has 0 spiro atoms. The van der Waals surface area contributed by atoms with Crippen LogP contribution in [0.25, 0.3) is 0 Å². The van der Waals surface area contributed by atoms with Crippen molar-refractivity contribution in [3.63, 3.8) is 0 Å². The van der Waals surface area contributed by atoms with Crippen LogP contribution in [0.4, 0.5) is 0 Å². The Balaban J connectivity index is 2.29. The van der Waals surface area contributed by atoms with Crippen molar-refractivity contribution >= 4 is 22.9 Å². The van der Waals surface area contributed by atoms with Gasteiger partial charge in [0.05, 0.1) is 6.54 Å². The monoisotopic (exact) mass is 290 g/mol. The van der Waals surface area contributed by atoms with E-state index < -0.39 is 0 Å². The lowest BCUT2D eigenvalue weighted by molar-refractivity contribution is 0.238. The molecule has 0 amide bonds. The van der Waals surface area contributed by atoms with E-state index in [4.69, 9.17) is 11.6 Å². The van der Waals surface area contributed by atoms with Crippen LogP contribution < -0.4 is 0 Å². The minimum Gasteiger partial charge on any atom is -0.304 e. The fourth-order valence-corrected chi connectivity index (χ4v) is 2.80. The van der Waals surface area contributed by atoms with Crippen molar-refractivity contribution < 1.29 is 0 Å². The van der Waals surface area contributed by atoms with Crippen LogP contribution in [0.2, 0.25) is 4.47 Å². The van der Waals surface area contributed by atoms with Crippen molar-refractivity contribution in [2.24, 2.45) is 0 Å². The molecule has 18 heavy (non-hydrogen) atoms. The first kappa shape index (κ1) is 15.8. The summed E-state index contributed by atoms with van der Waals surface area (Å²) >= 11 is 7.26. The maximum Gasteiger partial charge on any atom is 0.207 e. The van der Waals surface area contributed by atoms with Crippen molar-refractivity contribution in [1.29, 1.82) is 0 Å². The Hall–Kier alpha value is -0.230. The minimum atomic E-state index is 0.532. The highest BCUT2D eigenvalue weighted by Gasteiger charge is 2.08. The lowest BCUT2D eigenvalue weighted by Crippen LogP contribution is -2.29. The smallest absolute Gasteiger partial charge is 0.207 e. The van der Waals surface area contributed by atoms with Crippen LogP contribution in [0.15, 0.2) is 0 Å².